The van der Waals surface area contributed by atoms with Crippen molar-refractivity contribution in [3.8, 4) is 0 Å². The Morgan fingerprint density at radius 1 is 1.31 bits per heavy atom. The summed E-state index contributed by atoms with van der Waals surface area (Å²) in [6.07, 6.45) is 0. The van der Waals surface area contributed by atoms with E-state index in [1.807, 2.05) is 6.07 Å². The number of hydrogen-bond donors (Lipinski definition) is 2. The molecule has 1 aliphatic rings. The molecule has 1 aromatic rings. The van der Waals surface area contributed by atoms with Crippen LogP contribution in [0, 0.1) is 0 Å². The predicted molar refractivity (Wildman–Crippen MR) is 65.3 cm³/mol. The van der Waals surface area contributed by atoms with Crippen LogP contribution in [-0.2, 0) is 5.41 Å². The average Bonchev–Trinajstić information content (AvgIpc) is 2.10. The predicted octanol–water partition coefficient (Wildman–Crippen LogP) is 0.504. The number of hydrogen-bond acceptors (Lipinski definition) is 5. The minimum atomic E-state index is -0.0151. The Bertz CT molecular complexity index is 390. The second kappa shape index (κ2) is 3.59. The smallest absolute Gasteiger partial charge is 0.222 e. The Morgan fingerprint density at radius 2 is 1.94 bits per heavy atom. The average molecular weight is 221 g/mol. The zero-order chi connectivity index (χ0) is 11.9. The summed E-state index contributed by atoms with van der Waals surface area (Å²) in [5.74, 6) is 1.22. The van der Waals surface area contributed by atoms with E-state index in [9.17, 15) is 0 Å². The van der Waals surface area contributed by atoms with Gasteiger partial charge in [-0.05, 0) is 0 Å². The van der Waals surface area contributed by atoms with Crippen LogP contribution in [-0.4, -0.2) is 29.1 Å². The van der Waals surface area contributed by atoms with E-state index in [1.54, 1.807) is 0 Å². The van der Waals surface area contributed by atoms with Gasteiger partial charge in [-0.1, -0.05) is 20.8 Å². The highest BCUT2D eigenvalue weighted by Crippen LogP contribution is 2.26. The number of anilines is 2. The molecular weight excluding hydrogens is 202 g/mol. The molecule has 2 heterocycles. The van der Waals surface area contributed by atoms with Crippen LogP contribution in [0.4, 0.5) is 11.8 Å². The Kier molecular flexibility index (Phi) is 2.50. The lowest BCUT2D eigenvalue weighted by Gasteiger charge is -2.38. The third-order valence-corrected chi connectivity index (χ3v) is 2.73. The van der Waals surface area contributed by atoms with Crippen LogP contribution in [0.5, 0.6) is 0 Å². The summed E-state index contributed by atoms with van der Waals surface area (Å²) in [5, 5.41) is 0. The summed E-state index contributed by atoms with van der Waals surface area (Å²) >= 11 is 0. The second-order valence-electron chi connectivity index (χ2n) is 5.38. The van der Waals surface area contributed by atoms with Crippen molar-refractivity contribution in [3.63, 3.8) is 0 Å². The third-order valence-electron chi connectivity index (χ3n) is 2.73. The van der Waals surface area contributed by atoms with E-state index in [4.69, 9.17) is 11.5 Å². The monoisotopic (exact) mass is 221 g/mol. The van der Waals surface area contributed by atoms with Crippen molar-refractivity contribution in [2.75, 3.05) is 23.7 Å². The maximum absolute atomic E-state index is 5.75. The van der Waals surface area contributed by atoms with Crippen molar-refractivity contribution in [3.05, 3.63) is 11.8 Å². The van der Waals surface area contributed by atoms with Gasteiger partial charge in [0.1, 0.15) is 5.82 Å². The molecule has 0 saturated carbocycles. The molecule has 1 fully saturated rings. The Balaban J connectivity index is 2.30. The maximum atomic E-state index is 5.75. The molecule has 1 aliphatic heterocycles. The summed E-state index contributed by atoms with van der Waals surface area (Å²) in [5.41, 5.74) is 12.4. The zero-order valence-electron chi connectivity index (χ0n) is 10.1. The highest BCUT2D eigenvalue weighted by atomic mass is 15.3. The van der Waals surface area contributed by atoms with Gasteiger partial charge < -0.3 is 16.4 Å². The first kappa shape index (κ1) is 11.1. The van der Waals surface area contributed by atoms with Crippen molar-refractivity contribution >= 4 is 11.8 Å². The van der Waals surface area contributed by atoms with Crippen LogP contribution in [0.1, 0.15) is 26.5 Å². The lowest BCUT2D eigenvalue weighted by atomic mass is 9.92. The fourth-order valence-electron chi connectivity index (χ4n) is 1.70. The third kappa shape index (κ3) is 2.09. The molecule has 1 aromatic heterocycles. The molecule has 0 amide bonds. The quantitative estimate of drug-likeness (QED) is 0.722. The topological polar surface area (TPSA) is 81.1 Å². The van der Waals surface area contributed by atoms with Gasteiger partial charge in [0.15, 0.2) is 0 Å². The number of rotatable bonds is 1. The first-order chi connectivity index (χ1) is 7.36. The van der Waals surface area contributed by atoms with Gasteiger partial charge in [0.2, 0.25) is 5.95 Å². The van der Waals surface area contributed by atoms with Crippen LogP contribution < -0.4 is 16.4 Å². The molecule has 5 heteroatoms. The van der Waals surface area contributed by atoms with Crippen LogP contribution in [0.2, 0.25) is 0 Å². The molecule has 0 unspecified atom stereocenters. The maximum Gasteiger partial charge on any atom is 0.222 e. The summed E-state index contributed by atoms with van der Waals surface area (Å²) in [6.45, 7) is 8.03. The Hall–Kier alpha value is -1.36. The lowest BCUT2D eigenvalue weighted by molar-refractivity contribution is 0.511. The molecule has 0 aliphatic carbocycles. The Morgan fingerprint density at radius 3 is 2.44 bits per heavy atom. The number of aromatic nitrogens is 2. The summed E-state index contributed by atoms with van der Waals surface area (Å²) in [4.78, 5) is 10.6. The van der Waals surface area contributed by atoms with Gasteiger partial charge in [-0.15, -0.1) is 0 Å². The van der Waals surface area contributed by atoms with Gasteiger partial charge in [-0.25, -0.2) is 4.98 Å². The fraction of sp³-hybridized carbons (Fsp3) is 0.636. The minimum Gasteiger partial charge on any atom is -0.368 e. The molecule has 2 rings (SSSR count). The van der Waals surface area contributed by atoms with Crippen molar-refractivity contribution in [2.45, 2.75) is 32.2 Å². The lowest BCUT2D eigenvalue weighted by Crippen LogP contribution is -2.56. The van der Waals surface area contributed by atoms with Crippen LogP contribution >= 0.6 is 0 Å². The fourth-order valence-corrected chi connectivity index (χ4v) is 1.70. The summed E-state index contributed by atoms with van der Waals surface area (Å²) in [7, 11) is 0. The van der Waals surface area contributed by atoms with Gasteiger partial charge in [0.05, 0.1) is 5.69 Å². The summed E-state index contributed by atoms with van der Waals surface area (Å²) < 4.78 is 0. The molecule has 4 N–H and O–H groups in total. The second-order valence-corrected chi connectivity index (χ2v) is 5.38. The van der Waals surface area contributed by atoms with E-state index in [0.717, 1.165) is 24.6 Å². The largest absolute Gasteiger partial charge is 0.368 e. The molecule has 88 valence electrons. The Labute approximate surface area is 95.9 Å². The van der Waals surface area contributed by atoms with E-state index >= 15 is 0 Å². The standard InChI is InChI=1S/C11H19N5/c1-11(2,3)8-4-9(15-10(13)14-8)16-5-7(12)6-16/h4,7H,5-6,12H2,1-3H3,(H2,13,14,15). The molecule has 0 bridgehead atoms. The zero-order valence-corrected chi connectivity index (χ0v) is 10.1. The molecule has 16 heavy (non-hydrogen) atoms. The van der Waals surface area contributed by atoms with Gasteiger partial charge in [-0.2, -0.15) is 4.98 Å². The van der Waals surface area contributed by atoms with Gasteiger partial charge >= 0.3 is 0 Å². The van der Waals surface area contributed by atoms with Gasteiger partial charge in [0, 0.05) is 30.6 Å². The minimum absolute atomic E-state index is 0.0151. The molecule has 0 aromatic carbocycles. The highest BCUT2D eigenvalue weighted by molar-refractivity contribution is 5.47. The van der Waals surface area contributed by atoms with E-state index in [1.165, 1.54) is 0 Å². The van der Waals surface area contributed by atoms with Crippen molar-refractivity contribution in [1.29, 1.82) is 0 Å². The molecule has 1 saturated heterocycles. The van der Waals surface area contributed by atoms with E-state index in [0.29, 0.717) is 5.95 Å². The van der Waals surface area contributed by atoms with Gasteiger partial charge in [-0.3, -0.25) is 0 Å². The van der Waals surface area contributed by atoms with Crippen molar-refractivity contribution in [2.24, 2.45) is 5.73 Å². The first-order valence-corrected chi connectivity index (χ1v) is 5.52. The summed E-state index contributed by atoms with van der Waals surface area (Å²) in [6, 6.07) is 2.26. The van der Waals surface area contributed by atoms with E-state index in [-0.39, 0.29) is 11.5 Å². The molecule has 5 nitrogen and oxygen atoms in total. The molecule has 0 spiro atoms. The van der Waals surface area contributed by atoms with Crippen molar-refractivity contribution < 1.29 is 0 Å². The van der Waals surface area contributed by atoms with Crippen LogP contribution in [0.25, 0.3) is 0 Å². The van der Waals surface area contributed by atoms with Crippen molar-refractivity contribution in [1.82, 2.24) is 9.97 Å². The normalized spacial score (nSPS) is 17.4. The SMILES string of the molecule is CC(C)(C)c1cc(N2CC(N)C2)nc(N)n1. The first-order valence-electron chi connectivity index (χ1n) is 5.52. The number of nitrogen functional groups attached to an aromatic ring is 1. The highest BCUT2D eigenvalue weighted by Gasteiger charge is 2.26. The molecule has 0 atom stereocenters. The van der Waals surface area contributed by atoms with E-state index in [2.05, 4.69) is 35.6 Å². The van der Waals surface area contributed by atoms with E-state index < -0.39 is 0 Å². The van der Waals surface area contributed by atoms with Crippen LogP contribution in [0.15, 0.2) is 6.07 Å². The number of nitrogens with two attached hydrogens (primary N) is 2. The van der Waals surface area contributed by atoms with Crippen LogP contribution in [0.3, 0.4) is 0 Å². The molecular formula is C11H19N5. The van der Waals surface area contributed by atoms with Gasteiger partial charge in [0.25, 0.3) is 0 Å². The molecule has 0 radical (unpaired) electrons. The number of nitrogens with zero attached hydrogens (tertiary/aromatic N) is 3.